The lowest BCUT2D eigenvalue weighted by molar-refractivity contribution is 0.480. The predicted molar refractivity (Wildman–Crippen MR) is 121 cm³/mol. The lowest BCUT2D eigenvalue weighted by Gasteiger charge is -2.22. The molecule has 3 rings (SSSR count). The highest BCUT2D eigenvalue weighted by Gasteiger charge is 2.15. The second kappa shape index (κ2) is 11.8. The first kappa shape index (κ1) is 20.8. The molecule has 2 nitrogen and oxygen atoms in total. The molecule has 0 atom stereocenters. The number of ether oxygens (including phenoxy) is 1. The zero-order valence-electron chi connectivity index (χ0n) is 17.6. The lowest BCUT2D eigenvalue weighted by Crippen LogP contribution is -2.03. The van der Waals surface area contributed by atoms with Crippen molar-refractivity contribution in [2.45, 2.75) is 90.4 Å². The molecule has 1 heterocycles. The van der Waals surface area contributed by atoms with Gasteiger partial charge in [0.2, 0.25) is 0 Å². The van der Waals surface area contributed by atoms with Gasteiger partial charge in [-0.05, 0) is 42.7 Å². The number of unbranched alkanes of at least 4 members (excludes halogenated alkanes) is 11. The Hall–Kier alpha value is -1.96. The minimum absolute atomic E-state index is 0.914. The van der Waals surface area contributed by atoms with E-state index in [1.165, 1.54) is 82.6 Å². The van der Waals surface area contributed by atoms with Crippen LogP contribution in [0.25, 0.3) is 0 Å². The molecule has 152 valence electrons. The zero-order chi connectivity index (χ0) is 19.4. The fraction of sp³-hybridized carbons (Fsp3) is 0.538. The van der Waals surface area contributed by atoms with Crippen molar-refractivity contribution in [1.82, 2.24) is 0 Å². The normalized spacial score (nSPS) is 12.0. The maximum Gasteiger partial charge on any atom is 0.151 e. The monoisotopic (exact) mass is 379 g/mol. The van der Waals surface area contributed by atoms with Gasteiger partial charge in [0.1, 0.15) is 0 Å². The van der Waals surface area contributed by atoms with Crippen molar-refractivity contribution in [3.63, 3.8) is 0 Å². The molecule has 0 radical (unpaired) electrons. The molecular formula is C26H37NO. The topological polar surface area (TPSA) is 21.3 Å². The van der Waals surface area contributed by atoms with E-state index in [1.54, 1.807) is 0 Å². The van der Waals surface area contributed by atoms with E-state index >= 15 is 0 Å². The summed E-state index contributed by atoms with van der Waals surface area (Å²) >= 11 is 0. The number of benzene rings is 2. The number of hydrogen-bond acceptors (Lipinski definition) is 2. The maximum absolute atomic E-state index is 6.07. The number of anilines is 2. The second-order valence-corrected chi connectivity index (χ2v) is 8.19. The summed E-state index contributed by atoms with van der Waals surface area (Å²) in [6.07, 6.45) is 17.9. The molecule has 0 spiro atoms. The van der Waals surface area contributed by atoms with Crippen molar-refractivity contribution in [2.75, 3.05) is 5.32 Å². The van der Waals surface area contributed by atoms with E-state index in [4.69, 9.17) is 4.74 Å². The standard InChI is InChI=1S/C26H37NO/c1-2-3-4-5-6-7-8-9-10-11-12-13-16-22-19-20-24-26(21-22)28-25-18-15-14-17-23(25)27-24/h14-15,17-21,27H,2-13,16H2,1H3. The molecule has 1 aliphatic heterocycles. The van der Waals surface area contributed by atoms with E-state index < -0.39 is 0 Å². The minimum Gasteiger partial charge on any atom is -0.453 e. The molecule has 0 aromatic heterocycles. The van der Waals surface area contributed by atoms with Crippen LogP contribution in [0.5, 0.6) is 11.5 Å². The quantitative estimate of drug-likeness (QED) is 0.300. The molecule has 1 aliphatic rings. The third-order valence-electron chi connectivity index (χ3n) is 5.74. The van der Waals surface area contributed by atoms with Gasteiger partial charge >= 0.3 is 0 Å². The molecule has 0 bridgehead atoms. The molecule has 0 amide bonds. The van der Waals surface area contributed by atoms with Gasteiger partial charge in [-0.1, -0.05) is 95.8 Å². The molecule has 2 heteroatoms. The summed E-state index contributed by atoms with van der Waals surface area (Å²) in [7, 11) is 0. The van der Waals surface area contributed by atoms with E-state index in [9.17, 15) is 0 Å². The number of nitrogens with one attached hydrogen (secondary N) is 1. The molecule has 0 saturated heterocycles. The summed E-state index contributed by atoms with van der Waals surface area (Å²) in [6.45, 7) is 2.29. The van der Waals surface area contributed by atoms with Crippen LogP contribution >= 0.6 is 0 Å². The van der Waals surface area contributed by atoms with Crippen LogP contribution in [0, 0.1) is 0 Å². The summed E-state index contributed by atoms with van der Waals surface area (Å²) in [5, 5.41) is 3.46. The smallest absolute Gasteiger partial charge is 0.151 e. The van der Waals surface area contributed by atoms with Crippen molar-refractivity contribution < 1.29 is 4.74 Å². The summed E-state index contributed by atoms with van der Waals surface area (Å²) in [5.41, 5.74) is 3.49. The van der Waals surface area contributed by atoms with Gasteiger partial charge in [0.15, 0.2) is 11.5 Å². The molecule has 0 fully saturated rings. The van der Waals surface area contributed by atoms with Crippen LogP contribution in [-0.2, 0) is 6.42 Å². The van der Waals surface area contributed by atoms with Gasteiger partial charge in [0.05, 0.1) is 11.4 Å². The van der Waals surface area contributed by atoms with Crippen molar-refractivity contribution in [1.29, 1.82) is 0 Å². The van der Waals surface area contributed by atoms with Gasteiger partial charge in [0.25, 0.3) is 0 Å². The van der Waals surface area contributed by atoms with Crippen LogP contribution in [0.2, 0.25) is 0 Å². The molecule has 28 heavy (non-hydrogen) atoms. The molecule has 2 aromatic carbocycles. The minimum atomic E-state index is 0.914. The molecule has 1 N–H and O–H groups in total. The van der Waals surface area contributed by atoms with Crippen LogP contribution < -0.4 is 10.1 Å². The Bertz CT molecular complexity index is 709. The third kappa shape index (κ3) is 6.58. The summed E-state index contributed by atoms with van der Waals surface area (Å²) in [4.78, 5) is 0. The van der Waals surface area contributed by atoms with E-state index in [0.29, 0.717) is 0 Å². The average molecular weight is 380 g/mol. The molecule has 0 saturated carbocycles. The molecule has 2 aromatic rings. The number of para-hydroxylation sites is 2. The van der Waals surface area contributed by atoms with E-state index in [-0.39, 0.29) is 0 Å². The Balaban J connectivity index is 1.26. The van der Waals surface area contributed by atoms with Crippen LogP contribution in [0.3, 0.4) is 0 Å². The first-order valence-electron chi connectivity index (χ1n) is 11.5. The molecule has 0 aliphatic carbocycles. The molecule has 0 unspecified atom stereocenters. The third-order valence-corrected chi connectivity index (χ3v) is 5.74. The van der Waals surface area contributed by atoms with Gasteiger partial charge in [0, 0.05) is 0 Å². The van der Waals surface area contributed by atoms with E-state index in [2.05, 4.69) is 36.5 Å². The first-order valence-corrected chi connectivity index (χ1v) is 11.5. The van der Waals surface area contributed by atoms with Crippen molar-refractivity contribution in [3.8, 4) is 11.5 Å². The predicted octanol–water partition coefficient (Wildman–Crippen LogP) is 8.78. The van der Waals surface area contributed by atoms with Crippen molar-refractivity contribution in [3.05, 3.63) is 48.0 Å². The number of fused-ring (bicyclic) bond motifs is 2. The number of hydrogen-bond donors (Lipinski definition) is 1. The highest BCUT2D eigenvalue weighted by atomic mass is 16.5. The Morgan fingerprint density at radius 3 is 1.96 bits per heavy atom. The fourth-order valence-corrected chi connectivity index (χ4v) is 4.00. The van der Waals surface area contributed by atoms with Crippen molar-refractivity contribution in [2.24, 2.45) is 0 Å². The summed E-state index contributed by atoms with van der Waals surface area (Å²) in [6, 6.07) is 14.7. The van der Waals surface area contributed by atoms with E-state index in [1.807, 2.05) is 18.2 Å². The van der Waals surface area contributed by atoms with Crippen molar-refractivity contribution >= 4 is 11.4 Å². The highest BCUT2D eigenvalue weighted by Crippen LogP contribution is 2.42. The highest BCUT2D eigenvalue weighted by molar-refractivity contribution is 5.75. The van der Waals surface area contributed by atoms with E-state index in [0.717, 1.165) is 29.3 Å². The Morgan fingerprint density at radius 2 is 1.25 bits per heavy atom. The second-order valence-electron chi connectivity index (χ2n) is 8.19. The maximum atomic E-state index is 6.07. The first-order chi connectivity index (χ1) is 13.9. The SMILES string of the molecule is CCCCCCCCCCCCCCc1ccc2c(c1)Oc1ccccc1N2. The van der Waals surface area contributed by atoms with Crippen LogP contribution in [-0.4, -0.2) is 0 Å². The Kier molecular flexibility index (Phi) is 8.74. The molecular weight excluding hydrogens is 342 g/mol. The lowest BCUT2D eigenvalue weighted by atomic mass is 10.0. The van der Waals surface area contributed by atoms with Crippen LogP contribution in [0.15, 0.2) is 42.5 Å². The average Bonchev–Trinajstić information content (AvgIpc) is 2.73. The van der Waals surface area contributed by atoms with Gasteiger partial charge < -0.3 is 10.1 Å². The van der Waals surface area contributed by atoms with Gasteiger partial charge in [-0.25, -0.2) is 0 Å². The Labute approximate surface area is 171 Å². The van der Waals surface area contributed by atoms with Crippen LogP contribution in [0.1, 0.15) is 89.5 Å². The van der Waals surface area contributed by atoms with Gasteiger partial charge in [-0.15, -0.1) is 0 Å². The fourth-order valence-electron chi connectivity index (χ4n) is 4.00. The number of rotatable bonds is 13. The summed E-state index contributed by atoms with van der Waals surface area (Å²) in [5.74, 6) is 1.87. The summed E-state index contributed by atoms with van der Waals surface area (Å²) < 4.78 is 6.07. The number of aryl methyl sites for hydroxylation is 1. The zero-order valence-corrected chi connectivity index (χ0v) is 17.6. The Morgan fingerprint density at radius 1 is 0.643 bits per heavy atom. The van der Waals surface area contributed by atoms with Gasteiger partial charge in [-0.2, -0.15) is 0 Å². The van der Waals surface area contributed by atoms with Crippen LogP contribution in [0.4, 0.5) is 11.4 Å². The van der Waals surface area contributed by atoms with Gasteiger partial charge in [-0.3, -0.25) is 0 Å². The largest absolute Gasteiger partial charge is 0.453 e.